The highest BCUT2D eigenvalue weighted by atomic mass is 79.9. The van der Waals surface area contributed by atoms with Gasteiger partial charge in [0.25, 0.3) is 0 Å². The molecule has 2 aromatic rings. The number of phenols is 1. The van der Waals surface area contributed by atoms with Crippen molar-refractivity contribution in [3.8, 4) is 11.5 Å². The van der Waals surface area contributed by atoms with E-state index in [2.05, 4.69) is 32.7 Å². The van der Waals surface area contributed by atoms with Crippen molar-refractivity contribution in [1.82, 2.24) is 5.32 Å². The molecule has 94 valence electrons. The molecule has 2 N–H and O–H groups in total. The normalized spacial score (nSPS) is 17.5. The van der Waals surface area contributed by atoms with Gasteiger partial charge in [-0.3, -0.25) is 0 Å². The van der Waals surface area contributed by atoms with Crippen molar-refractivity contribution in [2.75, 3.05) is 6.61 Å². The monoisotopic (exact) mass is 325 g/mol. The summed E-state index contributed by atoms with van der Waals surface area (Å²) < 4.78 is 6.70. The van der Waals surface area contributed by atoms with Gasteiger partial charge in [0, 0.05) is 27.5 Å². The van der Waals surface area contributed by atoms with E-state index in [1.54, 1.807) is 23.5 Å². The third-order valence-electron chi connectivity index (χ3n) is 2.98. The van der Waals surface area contributed by atoms with Crippen molar-refractivity contribution < 1.29 is 9.84 Å². The molecule has 0 spiro atoms. The number of phenolic OH excluding ortho intramolecular Hbond substituents is 1. The van der Waals surface area contributed by atoms with Crippen molar-refractivity contribution >= 4 is 27.3 Å². The number of hydrogen-bond acceptors (Lipinski definition) is 4. The van der Waals surface area contributed by atoms with E-state index in [9.17, 15) is 5.11 Å². The third-order valence-corrected chi connectivity index (χ3v) is 4.90. The first-order valence-corrected chi connectivity index (χ1v) is 7.32. The Kier molecular flexibility index (Phi) is 3.28. The Morgan fingerprint density at radius 2 is 2.33 bits per heavy atom. The van der Waals surface area contributed by atoms with Gasteiger partial charge in [0.05, 0.1) is 6.04 Å². The zero-order valence-corrected chi connectivity index (χ0v) is 11.9. The van der Waals surface area contributed by atoms with Crippen molar-refractivity contribution in [1.29, 1.82) is 0 Å². The molecule has 1 aliphatic heterocycles. The Hall–Kier alpha value is -1.04. The molecule has 0 amide bonds. The first-order chi connectivity index (χ1) is 8.74. The predicted octanol–water partition coefficient (Wildman–Crippen LogP) is 3.44. The Morgan fingerprint density at radius 3 is 3.11 bits per heavy atom. The van der Waals surface area contributed by atoms with Crippen LogP contribution in [-0.4, -0.2) is 11.7 Å². The largest absolute Gasteiger partial charge is 0.508 e. The summed E-state index contributed by atoms with van der Waals surface area (Å²) in [5.74, 6) is 1.02. The summed E-state index contributed by atoms with van der Waals surface area (Å²) >= 11 is 5.25. The number of fused-ring (bicyclic) bond motifs is 1. The van der Waals surface area contributed by atoms with Crippen molar-refractivity contribution in [3.63, 3.8) is 0 Å². The summed E-state index contributed by atoms with van der Waals surface area (Å²) in [7, 11) is 0. The highest BCUT2D eigenvalue weighted by Gasteiger charge is 2.24. The maximum Gasteiger partial charge on any atom is 0.127 e. The van der Waals surface area contributed by atoms with Crippen LogP contribution in [0.2, 0.25) is 0 Å². The number of benzene rings is 1. The fraction of sp³-hybridized carbons (Fsp3) is 0.231. The molecule has 0 fully saturated rings. The van der Waals surface area contributed by atoms with E-state index in [1.165, 1.54) is 4.88 Å². The fourth-order valence-corrected chi connectivity index (χ4v) is 3.48. The Morgan fingerprint density at radius 1 is 1.44 bits per heavy atom. The number of ether oxygens (including phenoxy) is 1. The molecule has 0 saturated carbocycles. The van der Waals surface area contributed by atoms with E-state index in [0.717, 1.165) is 22.3 Å². The number of halogens is 1. The lowest BCUT2D eigenvalue weighted by Gasteiger charge is -2.10. The van der Waals surface area contributed by atoms with Gasteiger partial charge in [-0.05, 0) is 39.5 Å². The SMILES string of the molecule is Oc1ccc2c(c1)OCC2NCc1sccc1Br. The number of thiophene rings is 1. The molecule has 5 heteroatoms. The van der Waals surface area contributed by atoms with Crippen molar-refractivity contribution in [3.05, 3.63) is 44.6 Å². The first-order valence-electron chi connectivity index (χ1n) is 5.65. The van der Waals surface area contributed by atoms with Gasteiger partial charge in [0.1, 0.15) is 18.1 Å². The smallest absolute Gasteiger partial charge is 0.127 e. The number of rotatable bonds is 3. The van der Waals surface area contributed by atoms with Crippen molar-refractivity contribution in [2.24, 2.45) is 0 Å². The summed E-state index contributed by atoms with van der Waals surface area (Å²) in [6, 6.07) is 7.52. The average Bonchev–Trinajstić information content (AvgIpc) is 2.93. The van der Waals surface area contributed by atoms with Crippen LogP contribution in [0.1, 0.15) is 16.5 Å². The predicted molar refractivity (Wildman–Crippen MR) is 75.2 cm³/mol. The van der Waals surface area contributed by atoms with Gasteiger partial charge in [-0.15, -0.1) is 11.3 Å². The summed E-state index contributed by atoms with van der Waals surface area (Å²) in [5, 5.41) is 14.9. The molecule has 18 heavy (non-hydrogen) atoms. The summed E-state index contributed by atoms with van der Waals surface area (Å²) in [5.41, 5.74) is 1.11. The van der Waals surface area contributed by atoms with E-state index >= 15 is 0 Å². The second-order valence-corrected chi connectivity index (χ2v) is 6.01. The van der Waals surface area contributed by atoms with Crippen LogP contribution in [0, 0.1) is 0 Å². The second kappa shape index (κ2) is 4.91. The summed E-state index contributed by atoms with van der Waals surface area (Å²) in [6.45, 7) is 1.42. The summed E-state index contributed by atoms with van der Waals surface area (Å²) in [6.07, 6.45) is 0. The Labute approximate surface area is 118 Å². The first kappa shape index (κ1) is 12.0. The topological polar surface area (TPSA) is 41.5 Å². The molecular formula is C13H12BrNO2S. The molecule has 1 aliphatic rings. The van der Waals surface area contributed by atoms with Gasteiger partial charge in [-0.1, -0.05) is 0 Å². The minimum atomic E-state index is 0.189. The molecule has 0 aliphatic carbocycles. The molecule has 1 atom stereocenters. The van der Waals surface area contributed by atoms with Crippen LogP contribution in [0.4, 0.5) is 0 Å². The van der Waals surface area contributed by atoms with Gasteiger partial charge >= 0.3 is 0 Å². The van der Waals surface area contributed by atoms with Crippen LogP contribution >= 0.6 is 27.3 Å². The van der Waals surface area contributed by atoms with Crippen molar-refractivity contribution in [2.45, 2.75) is 12.6 Å². The second-order valence-electron chi connectivity index (χ2n) is 4.16. The molecular weight excluding hydrogens is 314 g/mol. The van der Waals surface area contributed by atoms with Crippen LogP contribution < -0.4 is 10.1 Å². The number of nitrogens with one attached hydrogen (secondary N) is 1. The Bertz CT molecular complexity index is 570. The van der Waals surface area contributed by atoms with Crippen LogP contribution in [0.25, 0.3) is 0 Å². The minimum absolute atomic E-state index is 0.189. The molecule has 0 radical (unpaired) electrons. The van der Waals surface area contributed by atoms with Gasteiger partial charge in [-0.25, -0.2) is 0 Å². The fourth-order valence-electron chi connectivity index (χ4n) is 2.03. The average molecular weight is 326 g/mol. The number of hydrogen-bond donors (Lipinski definition) is 2. The van der Waals surface area contributed by atoms with E-state index in [0.29, 0.717) is 6.61 Å². The lowest BCUT2D eigenvalue weighted by Crippen LogP contribution is -2.21. The molecule has 3 rings (SSSR count). The molecule has 1 unspecified atom stereocenters. The quantitative estimate of drug-likeness (QED) is 0.908. The van der Waals surface area contributed by atoms with Gasteiger partial charge in [-0.2, -0.15) is 0 Å². The van der Waals surface area contributed by atoms with E-state index in [1.807, 2.05) is 6.07 Å². The standard InChI is InChI=1S/C13H12BrNO2S/c14-10-3-4-18-13(10)6-15-11-7-17-12-5-8(16)1-2-9(11)12/h1-5,11,15-16H,6-7H2. The zero-order valence-electron chi connectivity index (χ0n) is 9.52. The molecule has 3 nitrogen and oxygen atoms in total. The lowest BCUT2D eigenvalue weighted by molar-refractivity contribution is 0.310. The molecule has 0 saturated heterocycles. The van der Waals surface area contributed by atoms with Crippen LogP contribution in [-0.2, 0) is 6.54 Å². The molecule has 2 heterocycles. The number of aromatic hydroxyl groups is 1. The molecule has 1 aromatic carbocycles. The maximum atomic E-state index is 9.39. The van der Waals surface area contributed by atoms with Crippen LogP contribution in [0.15, 0.2) is 34.1 Å². The summed E-state index contributed by atoms with van der Waals surface area (Å²) in [4.78, 5) is 1.28. The molecule has 0 bridgehead atoms. The van der Waals surface area contributed by atoms with Gasteiger partial charge in [0.2, 0.25) is 0 Å². The van der Waals surface area contributed by atoms with E-state index in [-0.39, 0.29) is 11.8 Å². The highest BCUT2D eigenvalue weighted by molar-refractivity contribution is 9.10. The lowest BCUT2D eigenvalue weighted by atomic mass is 10.1. The van der Waals surface area contributed by atoms with Crippen LogP contribution in [0.5, 0.6) is 11.5 Å². The third kappa shape index (κ3) is 2.25. The highest BCUT2D eigenvalue weighted by Crippen LogP contribution is 2.35. The van der Waals surface area contributed by atoms with Crippen LogP contribution in [0.3, 0.4) is 0 Å². The van der Waals surface area contributed by atoms with Gasteiger partial charge in [0.15, 0.2) is 0 Å². The van der Waals surface area contributed by atoms with E-state index in [4.69, 9.17) is 4.74 Å². The van der Waals surface area contributed by atoms with Gasteiger partial charge < -0.3 is 15.2 Å². The molecule has 1 aromatic heterocycles. The zero-order chi connectivity index (χ0) is 12.5. The Balaban J connectivity index is 1.71. The van der Waals surface area contributed by atoms with E-state index < -0.39 is 0 Å². The minimum Gasteiger partial charge on any atom is -0.508 e. The maximum absolute atomic E-state index is 9.39.